The molecule has 26 heavy (non-hydrogen) atoms. The Hall–Kier alpha value is -1.39. The van der Waals surface area contributed by atoms with Gasteiger partial charge in [0.25, 0.3) is 5.56 Å². The van der Waals surface area contributed by atoms with Gasteiger partial charge in [0, 0.05) is 48.2 Å². The van der Waals surface area contributed by atoms with E-state index in [0.717, 1.165) is 31.7 Å². The average molecular weight is 369 g/mol. The number of likely N-dealkylation sites (tertiary alicyclic amines) is 1. The van der Waals surface area contributed by atoms with Crippen molar-refractivity contribution < 1.29 is 0 Å². The largest absolute Gasteiger partial charge is 0.312 e. The van der Waals surface area contributed by atoms with E-state index < -0.39 is 0 Å². The second-order valence-electron chi connectivity index (χ2n) is 8.54. The summed E-state index contributed by atoms with van der Waals surface area (Å²) in [6.07, 6.45) is 7.58. The van der Waals surface area contributed by atoms with Gasteiger partial charge in [0.1, 0.15) is 0 Å². The van der Waals surface area contributed by atoms with Gasteiger partial charge in [-0.2, -0.15) is 0 Å². The fourth-order valence-corrected chi connectivity index (χ4v) is 6.28. The van der Waals surface area contributed by atoms with Crippen molar-refractivity contribution in [3.8, 4) is 0 Å². The first kappa shape index (κ1) is 16.8. The van der Waals surface area contributed by atoms with Crippen LogP contribution in [0, 0.1) is 5.92 Å². The Labute approximate surface area is 159 Å². The molecule has 1 saturated carbocycles. The topological polar surface area (TPSA) is 25.2 Å². The van der Waals surface area contributed by atoms with Gasteiger partial charge in [0.05, 0.1) is 0 Å². The molecule has 2 atom stereocenters. The SMILES string of the molecule is O=c1c(C2CCCCC2)ccc2n1C[C@@H]1C[C@@H]2CN(Cc2cccs2)C1. The van der Waals surface area contributed by atoms with Crippen LogP contribution in [-0.2, 0) is 13.1 Å². The quantitative estimate of drug-likeness (QED) is 0.792. The molecule has 1 aliphatic carbocycles. The monoisotopic (exact) mass is 368 g/mol. The van der Waals surface area contributed by atoms with Crippen LogP contribution < -0.4 is 5.56 Å². The van der Waals surface area contributed by atoms with E-state index in [9.17, 15) is 4.79 Å². The molecule has 0 N–H and O–H groups in total. The van der Waals surface area contributed by atoms with Crippen molar-refractivity contribution in [1.29, 1.82) is 0 Å². The van der Waals surface area contributed by atoms with Gasteiger partial charge in [-0.25, -0.2) is 0 Å². The Morgan fingerprint density at radius 2 is 1.88 bits per heavy atom. The number of aromatic nitrogens is 1. The summed E-state index contributed by atoms with van der Waals surface area (Å²) < 4.78 is 2.16. The molecule has 3 nitrogen and oxygen atoms in total. The van der Waals surface area contributed by atoms with E-state index in [2.05, 4.69) is 39.1 Å². The molecule has 0 amide bonds. The number of rotatable bonds is 3. The molecule has 0 spiro atoms. The first-order chi connectivity index (χ1) is 12.8. The van der Waals surface area contributed by atoms with Gasteiger partial charge in [-0.15, -0.1) is 11.3 Å². The number of nitrogens with zero attached hydrogens (tertiary/aromatic N) is 2. The van der Waals surface area contributed by atoms with Crippen LogP contribution in [0.5, 0.6) is 0 Å². The molecule has 138 valence electrons. The predicted molar refractivity (Wildman–Crippen MR) is 107 cm³/mol. The first-order valence-corrected chi connectivity index (χ1v) is 11.1. The van der Waals surface area contributed by atoms with E-state index in [1.807, 2.05) is 11.3 Å². The van der Waals surface area contributed by atoms with E-state index in [1.54, 1.807) is 0 Å². The summed E-state index contributed by atoms with van der Waals surface area (Å²) in [6.45, 7) is 4.21. The molecule has 1 saturated heterocycles. The van der Waals surface area contributed by atoms with Crippen LogP contribution in [0.3, 0.4) is 0 Å². The average Bonchev–Trinajstić information content (AvgIpc) is 3.16. The van der Waals surface area contributed by atoms with Crippen molar-refractivity contribution in [3.05, 3.63) is 56.1 Å². The van der Waals surface area contributed by atoms with E-state index in [1.165, 1.54) is 49.1 Å². The maximum Gasteiger partial charge on any atom is 0.254 e. The van der Waals surface area contributed by atoms with Crippen molar-refractivity contribution in [2.45, 2.75) is 63.5 Å². The minimum Gasteiger partial charge on any atom is -0.312 e. The maximum atomic E-state index is 13.2. The zero-order valence-corrected chi connectivity index (χ0v) is 16.2. The summed E-state index contributed by atoms with van der Waals surface area (Å²) >= 11 is 1.85. The van der Waals surface area contributed by atoms with Gasteiger partial charge in [-0.1, -0.05) is 31.4 Å². The maximum absolute atomic E-state index is 13.2. The standard InChI is InChI=1S/C22H28N2OS/c25-22-20(17-5-2-1-3-6-17)8-9-21-18-11-16(13-24(21)22)12-23(14-18)15-19-7-4-10-26-19/h4,7-10,16-18H,1-3,5-6,11-15H2/t16-,18-/m1/s1. The van der Waals surface area contributed by atoms with Gasteiger partial charge in [0.2, 0.25) is 0 Å². The van der Waals surface area contributed by atoms with E-state index in [4.69, 9.17) is 0 Å². The molecule has 2 fully saturated rings. The van der Waals surface area contributed by atoms with Crippen LogP contribution >= 0.6 is 11.3 Å². The van der Waals surface area contributed by atoms with E-state index in [0.29, 0.717) is 23.3 Å². The molecule has 2 bridgehead atoms. The molecule has 5 rings (SSSR count). The molecule has 4 heterocycles. The van der Waals surface area contributed by atoms with Crippen LogP contribution in [0.15, 0.2) is 34.4 Å². The molecule has 0 radical (unpaired) electrons. The van der Waals surface area contributed by atoms with Crippen LogP contribution in [0.25, 0.3) is 0 Å². The normalized spacial score (nSPS) is 26.6. The third-order valence-electron chi connectivity index (χ3n) is 6.71. The van der Waals surface area contributed by atoms with Gasteiger partial charge in [-0.3, -0.25) is 9.69 Å². The zero-order valence-electron chi connectivity index (χ0n) is 15.4. The second-order valence-corrected chi connectivity index (χ2v) is 9.57. The fourth-order valence-electron chi connectivity index (χ4n) is 5.54. The third kappa shape index (κ3) is 3.07. The summed E-state index contributed by atoms with van der Waals surface area (Å²) in [5.41, 5.74) is 2.72. The highest BCUT2D eigenvalue weighted by Gasteiger charge is 2.35. The number of fused-ring (bicyclic) bond motifs is 4. The van der Waals surface area contributed by atoms with Crippen molar-refractivity contribution >= 4 is 11.3 Å². The number of thiophene rings is 1. The lowest BCUT2D eigenvalue weighted by atomic mass is 9.81. The van der Waals surface area contributed by atoms with Crippen LogP contribution in [0.2, 0.25) is 0 Å². The van der Waals surface area contributed by atoms with Gasteiger partial charge >= 0.3 is 0 Å². The lowest BCUT2D eigenvalue weighted by Gasteiger charge is -2.43. The van der Waals surface area contributed by atoms with Gasteiger partial charge in [-0.05, 0) is 48.6 Å². The molecule has 2 aromatic heterocycles. The van der Waals surface area contributed by atoms with Crippen molar-refractivity contribution in [2.75, 3.05) is 13.1 Å². The van der Waals surface area contributed by atoms with Crippen LogP contribution in [0.1, 0.15) is 66.5 Å². The Kier molecular flexibility index (Phi) is 4.49. The number of hydrogen-bond donors (Lipinski definition) is 0. The molecule has 3 aliphatic rings. The molecule has 4 heteroatoms. The summed E-state index contributed by atoms with van der Waals surface area (Å²) in [5.74, 6) is 1.65. The summed E-state index contributed by atoms with van der Waals surface area (Å²) in [4.78, 5) is 17.3. The van der Waals surface area contributed by atoms with Crippen molar-refractivity contribution in [3.63, 3.8) is 0 Å². The van der Waals surface area contributed by atoms with Crippen molar-refractivity contribution in [2.24, 2.45) is 5.92 Å². The number of piperidine rings is 1. The molecule has 0 aromatic carbocycles. The Balaban J connectivity index is 1.40. The number of hydrogen-bond acceptors (Lipinski definition) is 3. The molecule has 0 unspecified atom stereocenters. The first-order valence-electron chi connectivity index (χ1n) is 10.3. The smallest absolute Gasteiger partial charge is 0.254 e. The minimum absolute atomic E-state index is 0.329. The summed E-state index contributed by atoms with van der Waals surface area (Å²) in [7, 11) is 0. The van der Waals surface area contributed by atoms with Gasteiger partial charge in [0.15, 0.2) is 0 Å². The number of pyridine rings is 1. The zero-order chi connectivity index (χ0) is 17.5. The van der Waals surface area contributed by atoms with Gasteiger partial charge < -0.3 is 4.57 Å². The highest BCUT2D eigenvalue weighted by molar-refractivity contribution is 7.09. The highest BCUT2D eigenvalue weighted by atomic mass is 32.1. The Bertz CT molecular complexity index is 819. The Morgan fingerprint density at radius 1 is 1.00 bits per heavy atom. The minimum atomic E-state index is 0.329. The van der Waals surface area contributed by atoms with Crippen LogP contribution in [0.4, 0.5) is 0 Å². The van der Waals surface area contributed by atoms with E-state index >= 15 is 0 Å². The summed E-state index contributed by atoms with van der Waals surface area (Å²) in [5, 5.41) is 2.17. The molecule has 2 aliphatic heterocycles. The lowest BCUT2D eigenvalue weighted by molar-refractivity contribution is 0.115. The molecular formula is C22H28N2OS. The lowest BCUT2D eigenvalue weighted by Crippen LogP contribution is -2.47. The molecular weight excluding hydrogens is 340 g/mol. The predicted octanol–water partition coefficient (Wildman–Crippen LogP) is 4.58. The Morgan fingerprint density at radius 3 is 2.69 bits per heavy atom. The second kappa shape index (κ2) is 6.97. The fraction of sp³-hybridized carbons (Fsp3) is 0.591. The highest BCUT2D eigenvalue weighted by Crippen LogP contribution is 2.37. The third-order valence-corrected chi connectivity index (χ3v) is 7.58. The van der Waals surface area contributed by atoms with Crippen LogP contribution in [-0.4, -0.2) is 22.6 Å². The summed E-state index contributed by atoms with van der Waals surface area (Å²) in [6, 6.07) is 8.86. The molecule has 2 aromatic rings. The van der Waals surface area contributed by atoms with E-state index in [-0.39, 0.29) is 0 Å². The van der Waals surface area contributed by atoms with Crippen molar-refractivity contribution in [1.82, 2.24) is 9.47 Å².